The molecule has 19 heavy (non-hydrogen) atoms. The van der Waals surface area contributed by atoms with Gasteiger partial charge in [-0.05, 0) is 31.4 Å². The van der Waals surface area contributed by atoms with Crippen LogP contribution in [0.4, 0.5) is 10.5 Å². The van der Waals surface area contributed by atoms with Gasteiger partial charge in [-0.2, -0.15) is 0 Å². The number of hydrogen-bond acceptors (Lipinski definition) is 2. The van der Waals surface area contributed by atoms with Gasteiger partial charge in [0.15, 0.2) is 0 Å². The lowest BCUT2D eigenvalue weighted by atomic mass is 10.1. The third-order valence-electron chi connectivity index (χ3n) is 3.12. The number of aromatic carboxylic acids is 1. The largest absolute Gasteiger partial charge is 0.478 e. The molecule has 0 spiro atoms. The van der Waals surface area contributed by atoms with Crippen molar-refractivity contribution in [2.24, 2.45) is 0 Å². The van der Waals surface area contributed by atoms with E-state index < -0.39 is 5.97 Å². The number of carbonyl (C=O) groups is 2. The van der Waals surface area contributed by atoms with Gasteiger partial charge in [0.2, 0.25) is 0 Å². The molecule has 1 fully saturated rings. The Hall–Kier alpha value is -1.75. The van der Waals surface area contributed by atoms with Crippen LogP contribution in [0.1, 0.15) is 29.6 Å². The molecular weight excluding hydrogens is 268 g/mol. The fourth-order valence-electron chi connectivity index (χ4n) is 2.11. The zero-order valence-electron chi connectivity index (χ0n) is 10.4. The fourth-order valence-corrected chi connectivity index (χ4v) is 2.33. The molecule has 1 aliphatic heterocycles. The van der Waals surface area contributed by atoms with E-state index in [4.69, 9.17) is 16.7 Å². The molecular formula is C13H15ClN2O3. The molecule has 1 heterocycles. The first-order valence-corrected chi connectivity index (χ1v) is 6.55. The number of urea groups is 1. The van der Waals surface area contributed by atoms with Crippen LogP contribution in [0, 0.1) is 0 Å². The molecule has 0 saturated carbocycles. The summed E-state index contributed by atoms with van der Waals surface area (Å²) in [6.45, 7) is 1.39. The summed E-state index contributed by atoms with van der Waals surface area (Å²) < 4.78 is 0. The number of rotatable bonds is 2. The summed E-state index contributed by atoms with van der Waals surface area (Å²) in [6.07, 6.45) is 3.07. The van der Waals surface area contributed by atoms with Crippen molar-refractivity contribution in [3.63, 3.8) is 0 Å². The molecule has 0 aromatic heterocycles. The van der Waals surface area contributed by atoms with Gasteiger partial charge < -0.3 is 15.3 Å². The first-order chi connectivity index (χ1) is 9.09. The highest BCUT2D eigenvalue weighted by molar-refractivity contribution is 6.34. The highest BCUT2D eigenvalue weighted by Crippen LogP contribution is 2.26. The summed E-state index contributed by atoms with van der Waals surface area (Å²) in [6, 6.07) is 4.22. The lowest BCUT2D eigenvalue weighted by Gasteiger charge is -2.27. The Labute approximate surface area is 116 Å². The normalized spacial score (nSPS) is 15.1. The number of nitrogens with zero attached hydrogens (tertiary/aromatic N) is 1. The number of benzene rings is 1. The number of halogens is 1. The van der Waals surface area contributed by atoms with Crippen LogP contribution in [0.15, 0.2) is 18.2 Å². The van der Waals surface area contributed by atoms with E-state index in [1.807, 2.05) is 0 Å². The number of likely N-dealkylation sites (tertiary alicyclic amines) is 1. The molecule has 0 aliphatic carbocycles. The highest BCUT2D eigenvalue weighted by atomic mass is 35.5. The summed E-state index contributed by atoms with van der Waals surface area (Å²) in [7, 11) is 0. The zero-order valence-corrected chi connectivity index (χ0v) is 11.1. The minimum Gasteiger partial charge on any atom is -0.478 e. The number of nitrogens with one attached hydrogen (secondary N) is 1. The maximum Gasteiger partial charge on any atom is 0.337 e. The second kappa shape index (κ2) is 5.93. The molecule has 0 radical (unpaired) electrons. The first kappa shape index (κ1) is 13.7. The number of anilines is 1. The monoisotopic (exact) mass is 282 g/mol. The average Bonchev–Trinajstić information content (AvgIpc) is 2.41. The van der Waals surface area contributed by atoms with Crippen LogP contribution in [0.3, 0.4) is 0 Å². The van der Waals surface area contributed by atoms with Crippen LogP contribution in [-0.2, 0) is 0 Å². The van der Waals surface area contributed by atoms with Gasteiger partial charge in [-0.1, -0.05) is 17.7 Å². The topological polar surface area (TPSA) is 69.6 Å². The number of carboxylic acids is 1. The van der Waals surface area contributed by atoms with E-state index in [0.29, 0.717) is 13.1 Å². The SMILES string of the molecule is O=C(O)c1cccc(Cl)c1NC(=O)N1CCCCC1. The maximum absolute atomic E-state index is 12.1. The van der Waals surface area contributed by atoms with Gasteiger partial charge in [-0.25, -0.2) is 9.59 Å². The van der Waals surface area contributed by atoms with E-state index in [0.717, 1.165) is 19.3 Å². The van der Waals surface area contributed by atoms with E-state index in [2.05, 4.69) is 5.32 Å². The van der Waals surface area contributed by atoms with Crippen molar-refractivity contribution in [2.45, 2.75) is 19.3 Å². The maximum atomic E-state index is 12.1. The number of carboxylic acid groups (broad SMARTS) is 1. The molecule has 2 rings (SSSR count). The summed E-state index contributed by atoms with van der Waals surface area (Å²) in [5.41, 5.74) is 0.157. The molecule has 0 unspecified atom stereocenters. The Bertz CT molecular complexity index is 499. The highest BCUT2D eigenvalue weighted by Gasteiger charge is 2.20. The molecule has 1 saturated heterocycles. The first-order valence-electron chi connectivity index (χ1n) is 6.17. The van der Waals surface area contributed by atoms with Gasteiger partial charge in [0.25, 0.3) is 0 Å². The van der Waals surface area contributed by atoms with Crippen molar-refractivity contribution in [3.8, 4) is 0 Å². The van der Waals surface area contributed by atoms with Crippen LogP contribution < -0.4 is 5.32 Å². The zero-order chi connectivity index (χ0) is 13.8. The average molecular weight is 283 g/mol. The van der Waals surface area contributed by atoms with Crippen molar-refractivity contribution in [1.82, 2.24) is 4.90 Å². The second-order valence-corrected chi connectivity index (χ2v) is 4.85. The number of para-hydroxylation sites is 1. The summed E-state index contributed by atoms with van der Waals surface area (Å²) in [4.78, 5) is 24.8. The molecule has 2 N–H and O–H groups in total. The Kier molecular flexibility index (Phi) is 4.27. The van der Waals surface area contributed by atoms with E-state index >= 15 is 0 Å². The summed E-state index contributed by atoms with van der Waals surface area (Å²) in [5.74, 6) is -1.11. The second-order valence-electron chi connectivity index (χ2n) is 4.45. The number of carbonyl (C=O) groups excluding carboxylic acids is 1. The van der Waals surface area contributed by atoms with E-state index in [1.54, 1.807) is 17.0 Å². The lowest BCUT2D eigenvalue weighted by Crippen LogP contribution is -2.39. The Morgan fingerprint density at radius 3 is 2.53 bits per heavy atom. The Morgan fingerprint density at radius 2 is 1.89 bits per heavy atom. The van der Waals surface area contributed by atoms with Crippen LogP contribution in [0.25, 0.3) is 0 Å². The minimum atomic E-state index is -1.11. The third kappa shape index (κ3) is 3.17. The number of hydrogen-bond donors (Lipinski definition) is 2. The molecule has 0 atom stereocenters. The minimum absolute atomic E-state index is 0.00198. The number of amides is 2. The summed E-state index contributed by atoms with van der Waals surface area (Å²) in [5, 5.41) is 11.9. The van der Waals surface area contributed by atoms with Crippen LogP contribution in [0.5, 0.6) is 0 Å². The molecule has 102 valence electrons. The van der Waals surface area contributed by atoms with Crippen LogP contribution >= 0.6 is 11.6 Å². The summed E-state index contributed by atoms with van der Waals surface area (Å²) >= 11 is 5.96. The van der Waals surface area contributed by atoms with Crippen molar-refractivity contribution >= 4 is 29.3 Å². The van der Waals surface area contributed by atoms with Crippen molar-refractivity contribution < 1.29 is 14.7 Å². The lowest BCUT2D eigenvalue weighted by molar-refractivity contribution is 0.0698. The molecule has 0 bridgehead atoms. The Balaban J connectivity index is 2.18. The van der Waals surface area contributed by atoms with E-state index in [-0.39, 0.29) is 22.3 Å². The number of piperidine rings is 1. The molecule has 5 nitrogen and oxygen atoms in total. The smallest absolute Gasteiger partial charge is 0.337 e. The van der Waals surface area contributed by atoms with Gasteiger partial charge in [-0.3, -0.25) is 0 Å². The van der Waals surface area contributed by atoms with Gasteiger partial charge in [0.05, 0.1) is 16.3 Å². The van der Waals surface area contributed by atoms with Crippen molar-refractivity contribution in [1.29, 1.82) is 0 Å². The van der Waals surface area contributed by atoms with Gasteiger partial charge >= 0.3 is 12.0 Å². The standard InChI is InChI=1S/C13H15ClN2O3/c14-10-6-4-5-9(12(17)18)11(10)15-13(19)16-7-2-1-3-8-16/h4-6H,1-3,7-8H2,(H,15,19)(H,17,18). The Morgan fingerprint density at radius 1 is 1.21 bits per heavy atom. The van der Waals surface area contributed by atoms with Crippen LogP contribution in [0.2, 0.25) is 5.02 Å². The molecule has 6 heteroatoms. The molecule has 1 aromatic rings. The van der Waals surface area contributed by atoms with Gasteiger partial charge in [0.1, 0.15) is 0 Å². The fraction of sp³-hybridized carbons (Fsp3) is 0.385. The van der Waals surface area contributed by atoms with Gasteiger partial charge in [-0.15, -0.1) is 0 Å². The molecule has 1 aliphatic rings. The van der Waals surface area contributed by atoms with Crippen molar-refractivity contribution in [2.75, 3.05) is 18.4 Å². The quantitative estimate of drug-likeness (QED) is 0.876. The predicted molar refractivity (Wildman–Crippen MR) is 72.9 cm³/mol. The molecule has 1 aromatic carbocycles. The third-order valence-corrected chi connectivity index (χ3v) is 3.43. The molecule has 2 amide bonds. The van der Waals surface area contributed by atoms with E-state index in [9.17, 15) is 9.59 Å². The van der Waals surface area contributed by atoms with E-state index in [1.165, 1.54) is 6.07 Å². The van der Waals surface area contributed by atoms with Crippen LogP contribution in [-0.4, -0.2) is 35.1 Å². The predicted octanol–water partition coefficient (Wildman–Crippen LogP) is 3.06. The van der Waals surface area contributed by atoms with Gasteiger partial charge in [0, 0.05) is 13.1 Å². The van der Waals surface area contributed by atoms with Crippen molar-refractivity contribution in [3.05, 3.63) is 28.8 Å².